The molecule has 0 saturated carbocycles. The van der Waals surface area contributed by atoms with E-state index in [1.165, 1.54) is 12.2 Å². The van der Waals surface area contributed by atoms with Crippen LogP contribution in [0.3, 0.4) is 0 Å². The van der Waals surface area contributed by atoms with E-state index >= 15 is 0 Å². The van der Waals surface area contributed by atoms with Crippen molar-refractivity contribution in [2.45, 2.75) is 6.42 Å². The largest absolute Gasteiger partial charge is 0.511 e. The van der Waals surface area contributed by atoms with Crippen molar-refractivity contribution in [3.63, 3.8) is 0 Å². The molecule has 5 heteroatoms. The van der Waals surface area contributed by atoms with Crippen molar-refractivity contribution in [3.8, 4) is 0 Å². The van der Waals surface area contributed by atoms with Gasteiger partial charge in [0, 0.05) is 6.08 Å². The van der Waals surface area contributed by atoms with Gasteiger partial charge in [0.2, 0.25) is 0 Å². The molecule has 1 aliphatic carbocycles. The minimum Gasteiger partial charge on any atom is -0.511 e. The molecule has 1 aliphatic rings. The summed E-state index contributed by atoms with van der Waals surface area (Å²) in [6.07, 6.45) is 2.48. The molecule has 0 amide bonds. The van der Waals surface area contributed by atoms with Crippen molar-refractivity contribution in [1.82, 2.24) is 0 Å². The number of carboxylic acid groups (broad SMARTS) is 1. The highest BCUT2D eigenvalue weighted by atomic mass is 16.4. The van der Waals surface area contributed by atoms with E-state index in [9.17, 15) is 4.79 Å². The lowest BCUT2D eigenvalue weighted by atomic mass is 10.0. The first kappa shape index (κ1) is 8.23. The van der Waals surface area contributed by atoms with Crippen LogP contribution in [0, 0.1) is 0 Å². The topological polar surface area (TPSA) is 93.9 Å². The fraction of sp³-hybridized carbons (Fsp3) is 0.143. The van der Waals surface area contributed by atoms with E-state index in [4.69, 9.17) is 15.7 Å². The Morgan fingerprint density at radius 2 is 2.25 bits per heavy atom. The van der Waals surface area contributed by atoms with Gasteiger partial charge in [-0.1, -0.05) is 0 Å². The Labute approximate surface area is 67.9 Å². The molecule has 0 radical (unpaired) electrons. The summed E-state index contributed by atoms with van der Waals surface area (Å²) in [6.45, 7) is 0. The standard InChI is InChI=1S/C7H6N2O3/c8-9-4-1-2-5(7(11)12)6(10)3-4/h1-2,10H,3H2,(H,11,12). The molecule has 0 aromatic heterocycles. The Morgan fingerprint density at radius 1 is 1.58 bits per heavy atom. The number of carbonyl (C=O) groups is 1. The zero-order valence-electron chi connectivity index (χ0n) is 6.06. The first-order valence-electron chi connectivity index (χ1n) is 3.19. The van der Waals surface area contributed by atoms with Crippen LogP contribution >= 0.6 is 0 Å². The summed E-state index contributed by atoms with van der Waals surface area (Å²) in [5.74, 6) is -1.49. The Bertz CT molecular complexity index is 335. The second-order valence-electron chi connectivity index (χ2n) is 2.27. The molecule has 0 aromatic carbocycles. The zero-order chi connectivity index (χ0) is 9.14. The van der Waals surface area contributed by atoms with Gasteiger partial charge in [-0.25, -0.2) is 4.79 Å². The monoisotopic (exact) mass is 166 g/mol. The normalized spacial score (nSPS) is 16.2. The molecule has 12 heavy (non-hydrogen) atoms. The molecule has 0 atom stereocenters. The number of rotatable bonds is 1. The summed E-state index contributed by atoms with van der Waals surface area (Å²) in [5.41, 5.74) is 8.36. The van der Waals surface area contributed by atoms with Gasteiger partial charge in [-0.15, -0.1) is 0 Å². The third-order valence-electron chi connectivity index (χ3n) is 1.46. The molecular formula is C7H6N2O3. The maximum Gasteiger partial charge on any atom is 0.339 e. The SMILES string of the molecule is [N-]=[N+]=C1C=CC(C(=O)O)=C(O)C1. The molecule has 0 bridgehead atoms. The molecule has 0 aliphatic heterocycles. The van der Waals surface area contributed by atoms with Crippen LogP contribution in [0.25, 0.3) is 5.53 Å². The number of nitrogens with zero attached hydrogens (tertiary/aromatic N) is 2. The predicted octanol–water partition coefficient (Wildman–Crippen LogP) is 0.514. The highest BCUT2D eigenvalue weighted by Crippen LogP contribution is 2.13. The maximum atomic E-state index is 10.4. The van der Waals surface area contributed by atoms with Gasteiger partial charge in [0.25, 0.3) is 5.71 Å². The van der Waals surface area contributed by atoms with Gasteiger partial charge < -0.3 is 15.7 Å². The summed E-state index contributed by atoms with van der Waals surface area (Å²) in [6, 6.07) is 0. The second kappa shape index (κ2) is 3.02. The fourth-order valence-corrected chi connectivity index (χ4v) is 0.865. The van der Waals surface area contributed by atoms with Gasteiger partial charge in [0.15, 0.2) is 0 Å². The molecule has 2 N–H and O–H groups in total. The summed E-state index contributed by atoms with van der Waals surface area (Å²) in [7, 11) is 0. The summed E-state index contributed by atoms with van der Waals surface area (Å²) in [4.78, 5) is 13.2. The molecule has 0 spiro atoms. The molecule has 5 nitrogen and oxygen atoms in total. The van der Waals surface area contributed by atoms with Crippen LogP contribution < -0.4 is 0 Å². The Morgan fingerprint density at radius 3 is 2.67 bits per heavy atom. The van der Waals surface area contributed by atoms with Gasteiger partial charge in [-0.05, 0) is 6.08 Å². The minimum atomic E-state index is -1.19. The molecule has 0 fully saturated rings. The number of aliphatic carboxylic acids is 1. The smallest absolute Gasteiger partial charge is 0.339 e. The lowest BCUT2D eigenvalue weighted by Gasteiger charge is -2.02. The van der Waals surface area contributed by atoms with Crippen LogP contribution in [-0.2, 0) is 4.79 Å². The molecule has 0 aromatic rings. The summed E-state index contributed by atoms with van der Waals surface area (Å²) < 4.78 is 0. The van der Waals surface area contributed by atoms with Gasteiger partial charge in [0.1, 0.15) is 12.2 Å². The van der Waals surface area contributed by atoms with Crippen LogP contribution in [0.15, 0.2) is 23.5 Å². The first-order chi connectivity index (χ1) is 5.65. The molecule has 1 rings (SSSR count). The minimum absolute atomic E-state index is 0.0470. The fourth-order valence-electron chi connectivity index (χ4n) is 0.865. The third kappa shape index (κ3) is 1.41. The second-order valence-corrected chi connectivity index (χ2v) is 2.27. The van der Waals surface area contributed by atoms with Crippen LogP contribution in [0.5, 0.6) is 0 Å². The van der Waals surface area contributed by atoms with E-state index in [1.807, 2.05) is 0 Å². The number of aliphatic hydroxyl groups excluding tert-OH is 1. The van der Waals surface area contributed by atoms with Crippen molar-refractivity contribution in [2.24, 2.45) is 0 Å². The zero-order valence-corrected chi connectivity index (χ0v) is 6.06. The number of allylic oxidation sites excluding steroid dienone is 2. The van der Waals surface area contributed by atoms with E-state index in [-0.39, 0.29) is 23.5 Å². The average molecular weight is 166 g/mol. The molecule has 0 unspecified atom stereocenters. The lowest BCUT2D eigenvalue weighted by Crippen LogP contribution is -2.10. The number of carboxylic acids is 1. The average Bonchev–Trinajstić information content (AvgIpc) is 2.03. The van der Waals surface area contributed by atoms with Crippen LogP contribution in [0.4, 0.5) is 0 Å². The molecular weight excluding hydrogens is 160 g/mol. The van der Waals surface area contributed by atoms with Crippen LogP contribution in [0.1, 0.15) is 6.42 Å². The third-order valence-corrected chi connectivity index (χ3v) is 1.46. The number of hydrogen-bond donors (Lipinski definition) is 2. The van der Waals surface area contributed by atoms with Crippen molar-refractivity contribution >= 4 is 11.7 Å². The van der Waals surface area contributed by atoms with Crippen molar-refractivity contribution < 1.29 is 19.8 Å². The van der Waals surface area contributed by atoms with Gasteiger partial charge in [0.05, 0.1) is 5.57 Å². The maximum absolute atomic E-state index is 10.4. The first-order valence-corrected chi connectivity index (χ1v) is 3.19. The quantitative estimate of drug-likeness (QED) is 0.439. The van der Waals surface area contributed by atoms with Gasteiger partial charge >= 0.3 is 5.97 Å². The predicted molar refractivity (Wildman–Crippen MR) is 39.7 cm³/mol. The number of aliphatic hydroxyl groups is 1. The van der Waals surface area contributed by atoms with Crippen molar-refractivity contribution in [2.75, 3.05) is 0 Å². The highest BCUT2D eigenvalue weighted by Gasteiger charge is 2.20. The Kier molecular flexibility index (Phi) is 2.07. The van der Waals surface area contributed by atoms with Crippen molar-refractivity contribution in [3.05, 3.63) is 29.0 Å². The van der Waals surface area contributed by atoms with E-state index in [2.05, 4.69) is 4.79 Å². The van der Waals surface area contributed by atoms with Crippen molar-refractivity contribution in [1.29, 1.82) is 0 Å². The molecule has 0 heterocycles. The summed E-state index contributed by atoms with van der Waals surface area (Å²) in [5, 5.41) is 17.6. The summed E-state index contributed by atoms with van der Waals surface area (Å²) >= 11 is 0. The van der Waals surface area contributed by atoms with E-state index in [0.717, 1.165) is 0 Å². The van der Waals surface area contributed by atoms with Gasteiger partial charge in [-0.3, -0.25) is 0 Å². The Hall–Kier alpha value is -1.87. The lowest BCUT2D eigenvalue weighted by molar-refractivity contribution is -0.132. The molecule has 62 valence electrons. The van der Waals surface area contributed by atoms with Crippen LogP contribution in [-0.4, -0.2) is 26.7 Å². The molecule has 0 saturated heterocycles. The number of hydrogen-bond acceptors (Lipinski definition) is 2. The highest BCUT2D eigenvalue weighted by molar-refractivity contribution is 6.00. The Balaban J connectivity index is 3.03. The van der Waals surface area contributed by atoms with Crippen LogP contribution in [0.2, 0.25) is 0 Å². The van der Waals surface area contributed by atoms with E-state index in [1.54, 1.807) is 0 Å². The van der Waals surface area contributed by atoms with E-state index in [0.29, 0.717) is 0 Å². The van der Waals surface area contributed by atoms with Gasteiger partial charge in [-0.2, -0.15) is 4.79 Å². The van der Waals surface area contributed by atoms with E-state index < -0.39 is 5.97 Å².